The fourth-order valence-electron chi connectivity index (χ4n) is 2.19. The van der Waals surface area contributed by atoms with Crippen LogP contribution in [0.3, 0.4) is 0 Å². The van der Waals surface area contributed by atoms with Crippen molar-refractivity contribution >= 4 is 11.9 Å². The number of aliphatic carboxylic acids is 1. The largest absolute Gasteiger partial charge is 0.481 e. The Morgan fingerprint density at radius 1 is 1.13 bits per heavy atom. The van der Waals surface area contributed by atoms with E-state index >= 15 is 0 Å². The van der Waals surface area contributed by atoms with Gasteiger partial charge in [0, 0.05) is 0 Å². The molecular weight excluding hydrogens is 292 g/mol. The van der Waals surface area contributed by atoms with Crippen LogP contribution in [-0.2, 0) is 14.3 Å². The van der Waals surface area contributed by atoms with Gasteiger partial charge in [-0.3, -0.25) is 9.59 Å². The molecule has 0 bridgehead atoms. The molecule has 0 heterocycles. The van der Waals surface area contributed by atoms with E-state index in [-0.39, 0.29) is 29.8 Å². The molecule has 0 radical (unpaired) electrons. The standard InChI is InChI=1S/C19H34O4/c1-8-19(6,7)13-14(2)15(11-12-18(3,4)5)23-17(22)10-9-16(20)21/h15H,2,8-13H2,1,3-7H3,(H,20,21). The smallest absolute Gasteiger partial charge is 0.306 e. The summed E-state index contributed by atoms with van der Waals surface area (Å²) in [6, 6.07) is 0. The van der Waals surface area contributed by atoms with E-state index in [9.17, 15) is 9.59 Å². The maximum absolute atomic E-state index is 11.9. The maximum atomic E-state index is 11.9. The molecule has 0 saturated carbocycles. The zero-order valence-electron chi connectivity index (χ0n) is 15.7. The summed E-state index contributed by atoms with van der Waals surface area (Å²) in [4.78, 5) is 22.5. The highest BCUT2D eigenvalue weighted by Gasteiger charge is 2.25. The quantitative estimate of drug-likeness (QED) is 0.454. The van der Waals surface area contributed by atoms with Crippen LogP contribution in [0, 0.1) is 10.8 Å². The third-order valence-corrected chi connectivity index (χ3v) is 4.09. The molecule has 0 aromatic heterocycles. The Labute approximate surface area is 141 Å². The van der Waals surface area contributed by atoms with Crippen molar-refractivity contribution in [2.45, 2.75) is 86.2 Å². The van der Waals surface area contributed by atoms with Gasteiger partial charge in [-0.1, -0.05) is 54.5 Å². The third kappa shape index (κ3) is 10.9. The van der Waals surface area contributed by atoms with Gasteiger partial charge in [0.05, 0.1) is 12.8 Å². The van der Waals surface area contributed by atoms with Crippen molar-refractivity contribution in [1.82, 2.24) is 0 Å². The summed E-state index contributed by atoms with van der Waals surface area (Å²) in [5.41, 5.74) is 1.18. The zero-order valence-corrected chi connectivity index (χ0v) is 15.7. The highest BCUT2D eigenvalue weighted by molar-refractivity contribution is 5.76. The van der Waals surface area contributed by atoms with Crippen molar-refractivity contribution < 1.29 is 19.4 Å². The van der Waals surface area contributed by atoms with Crippen LogP contribution in [0.4, 0.5) is 0 Å². The number of carbonyl (C=O) groups excluding carboxylic acids is 1. The van der Waals surface area contributed by atoms with E-state index in [4.69, 9.17) is 9.84 Å². The number of esters is 1. The first-order valence-corrected chi connectivity index (χ1v) is 8.45. The second-order valence-electron chi connectivity index (χ2n) is 8.32. The van der Waals surface area contributed by atoms with Crippen molar-refractivity contribution in [3.63, 3.8) is 0 Å². The third-order valence-electron chi connectivity index (χ3n) is 4.09. The van der Waals surface area contributed by atoms with E-state index in [0.29, 0.717) is 0 Å². The number of hydrogen-bond donors (Lipinski definition) is 1. The fraction of sp³-hybridized carbons (Fsp3) is 0.789. The van der Waals surface area contributed by atoms with E-state index in [2.05, 4.69) is 48.1 Å². The highest BCUT2D eigenvalue weighted by Crippen LogP contribution is 2.33. The second-order valence-corrected chi connectivity index (χ2v) is 8.32. The lowest BCUT2D eigenvalue weighted by atomic mass is 9.80. The van der Waals surface area contributed by atoms with Crippen LogP contribution >= 0.6 is 0 Å². The molecule has 23 heavy (non-hydrogen) atoms. The lowest BCUT2D eigenvalue weighted by Crippen LogP contribution is -2.25. The molecule has 4 nitrogen and oxygen atoms in total. The van der Waals surface area contributed by atoms with Gasteiger partial charge in [0.25, 0.3) is 0 Å². The van der Waals surface area contributed by atoms with E-state index in [1.165, 1.54) is 0 Å². The van der Waals surface area contributed by atoms with Gasteiger partial charge in [0.2, 0.25) is 0 Å². The van der Waals surface area contributed by atoms with Crippen molar-refractivity contribution in [3.05, 3.63) is 12.2 Å². The molecule has 1 unspecified atom stereocenters. The van der Waals surface area contributed by atoms with E-state index in [1.54, 1.807) is 0 Å². The highest BCUT2D eigenvalue weighted by atomic mass is 16.5. The van der Waals surface area contributed by atoms with E-state index < -0.39 is 11.9 Å². The summed E-state index contributed by atoms with van der Waals surface area (Å²) < 4.78 is 5.55. The van der Waals surface area contributed by atoms with Crippen molar-refractivity contribution in [2.24, 2.45) is 10.8 Å². The molecule has 0 aromatic carbocycles. The summed E-state index contributed by atoms with van der Waals surface area (Å²) in [6.07, 6.45) is 2.83. The first-order valence-electron chi connectivity index (χ1n) is 8.45. The Bertz CT molecular complexity index is 416. The molecule has 0 rings (SSSR count). The molecule has 0 amide bonds. The van der Waals surface area contributed by atoms with Gasteiger partial charge in [0.15, 0.2) is 0 Å². The molecule has 4 heteroatoms. The molecule has 0 spiro atoms. The molecule has 134 valence electrons. The minimum absolute atomic E-state index is 0.0915. The Hall–Kier alpha value is -1.32. The van der Waals surface area contributed by atoms with E-state index in [1.807, 2.05) is 0 Å². The topological polar surface area (TPSA) is 63.6 Å². The SMILES string of the molecule is C=C(CC(C)(C)CC)C(CCC(C)(C)C)OC(=O)CCC(=O)O. The Balaban J connectivity index is 4.83. The fourth-order valence-corrected chi connectivity index (χ4v) is 2.19. The number of carboxylic acid groups (broad SMARTS) is 1. The second kappa shape index (κ2) is 9.09. The van der Waals surface area contributed by atoms with Gasteiger partial charge >= 0.3 is 11.9 Å². The average molecular weight is 326 g/mol. The number of rotatable bonds is 10. The Kier molecular flexibility index (Phi) is 8.57. The first kappa shape index (κ1) is 21.7. The van der Waals surface area contributed by atoms with Gasteiger partial charge in [-0.05, 0) is 35.7 Å². The molecule has 0 fully saturated rings. The zero-order chi connectivity index (χ0) is 18.3. The molecule has 0 aromatic rings. The molecule has 0 aliphatic heterocycles. The van der Waals surface area contributed by atoms with Crippen LogP contribution < -0.4 is 0 Å². The number of carbonyl (C=O) groups is 2. The predicted molar refractivity (Wildman–Crippen MR) is 93.3 cm³/mol. The summed E-state index contributed by atoms with van der Waals surface area (Å²) in [5.74, 6) is -1.44. The number of hydrogen-bond acceptors (Lipinski definition) is 3. The van der Waals surface area contributed by atoms with Gasteiger partial charge < -0.3 is 9.84 Å². The first-order chi connectivity index (χ1) is 10.4. The number of ether oxygens (including phenoxy) is 1. The molecule has 0 saturated heterocycles. The maximum Gasteiger partial charge on any atom is 0.306 e. The van der Waals surface area contributed by atoms with Crippen LogP contribution in [0.1, 0.15) is 80.1 Å². The van der Waals surface area contributed by atoms with E-state index in [0.717, 1.165) is 31.3 Å². The summed E-state index contributed by atoms with van der Waals surface area (Å²) in [5, 5.41) is 8.68. The monoisotopic (exact) mass is 326 g/mol. The van der Waals surface area contributed by atoms with Crippen LogP contribution in [0.25, 0.3) is 0 Å². The van der Waals surface area contributed by atoms with Gasteiger partial charge in [-0.25, -0.2) is 0 Å². The van der Waals surface area contributed by atoms with Crippen LogP contribution in [0.15, 0.2) is 12.2 Å². The lowest BCUT2D eigenvalue weighted by Gasteiger charge is -2.29. The van der Waals surface area contributed by atoms with Crippen LogP contribution in [0.2, 0.25) is 0 Å². The minimum Gasteiger partial charge on any atom is -0.481 e. The molecule has 1 N–H and O–H groups in total. The average Bonchev–Trinajstić information content (AvgIpc) is 2.39. The predicted octanol–water partition coefficient (Wildman–Crippen LogP) is 4.97. The minimum atomic E-state index is -0.987. The molecular formula is C19H34O4. The molecule has 0 aliphatic carbocycles. The summed E-state index contributed by atoms with van der Waals surface area (Å²) >= 11 is 0. The van der Waals surface area contributed by atoms with Gasteiger partial charge in [-0.15, -0.1) is 0 Å². The van der Waals surface area contributed by atoms with Crippen LogP contribution in [-0.4, -0.2) is 23.1 Å². The Morgan fingerprint density at radius 3 is 2.13 bits per heavy atom. The van der Waals surface area contributed by atoms with Gasteiger partial charge in [0.1, 0.15) is 6.10 Å². The molecule has 0 aliphatic rings. The summed E-state index contributed by atoms with van der Waals surface area (Å²) in [7, 11) is 0. The molecule has 1 atom stereocenters. The van der Waals surface area contributed by atoms with Crippen LogP contribution in [0.5, 0.6) is 0 Å². The van der Waals surface area contributed by atoms with Crippen molar-refractivity contribution in [2.75, 3.05) is 0 Å². The normalized spacial score (nSPS) is 13.5. The lowest BCUT2D eigenvalue weighted by molar-refractivity contribution is -0.151. The Morgan fingerprint density at radius 2 is 1.70 bits per heavy atom. The van der Waals surface area contributed by atoms with Gasteiger partial charge in [-0.2, -0.15) is 0 Å². The summed E-state index contributed by atoms with van der Waals surface area (Å²) in [6.45, 7) is 17.1. The van der Waals surface area contributed by atoms with Crippen molar-refractivity contribution in [1.29, 1.82) is 0 Å². The number of carboxylic acids is 1. The van der Waals surface area contributed by atoms with Crippen molar-refractivity contribution in [3.8, 4) is 0 Å².